The first-order chi connectivity index (χ1) is 34.4. The van der Waals surface area contributed by atoms with Crippen LogP contribution in [0.4, 0.5) is 34.1 Å². The van der Waals surface area contributed by atoms with Gasteiger partial charge < -0.3 is 18.6 Å². The van der Waals surface area contributed by atoms with Crippen molar-refractivity contribution in [3.8, 4) is 0 Å². The maximum absolute atomic E-state index is 6.94. The zero-order chi connectivity index (χ0) is 46.8. The lowest BCUT2D eigenvalue weighted by Crippen LogP contribution is -2.15. The summed E-state index contributed by atoms with van der Waals surface area (Å²) >= 11 is 0. The predicted molar refractivity (Wildman–Crippen MR) is 295 cm³/mol. The molecule has 4 heteroatoms. The molecule has 0 saturated heterocycles. The van der Waals surface area contributed by atoms with Crippen LogP contribution in [0.5, 0.6) is 0 Å². The van der Waals surface area contributed by atoms with Crippen LogP contribution < -0.4 is 9.80 Å². The lowest BCUT2D eigenvalue weighted by molar-refractivity contribution is 0.668. The standard InChI is InChI=1S/C66H56N2O2/c1-39-27-29-41(3)57(35-39)67(55-23-13-21-49-45-19-9-11-25-61(45)69-65(49)55)59-37-53(43-15-5-6-16-43)47-32-34-52-60(38-54(44-17-7-8-18-44)48-31-33-51(59)63(47)64(48)52)68(58-36-40(2)28-30-42(58)4)56-24-14-22-50-46-20-10-12-26-62(46)70-66(50)56/h9-14,19-38,43-44H,5-8,15-18H2,1-4H3. The molecule has 0 bridgehead atoms. The zero-order valence-corrected chi connectivity index (χ0v) is 40.5. The van der Waals surface area contributed by atoms with Crippen LogP contribution in [0.3, 0.4) is 0 Å². The molecule has 0 atom stereocenters. The first-order valence-electron chi connectivity index (χ1n) is 25.7. The molecule has 12 aromatic rings. The molecule has 0 N–H and O–H groups in total. The monoisotopic (exact) mass is 908 g/mol. The second kappa shape index (κ2) is 16.0. The summed E-state index contributed by atoms with van der Waals surface area (Å²) in [5.74, 6) is 0.938. The van der Waals surface area contributed by atoms with E-state index >= 15 is 0 Å². The average molecular weight is 909 g/mol. The van der Waals surface area contributed by atoms with Crippen LogP contribution in [-0.2, 0) is 0 Å². The third kappa shape index (κ3) is 6.28. The molecule has 2 heterocycles. The molecule has 14 rings (SSSR count). The van der Waals surface area contributed by atoms with Crippen molar-refractivity contribution >= 4 is 110 Å². The Morgan fingerprint density at radius 3 is 1.19 bits per heavy atom. The normalized spacial score (nSPS) is 14.9. The van der Waals surface area contributed by atoms with E-state index in [0.717, 1.165) is 55.3 Å². The number of para-hydroxylation sites is 4. The van der Waals surface area contributed by atoms with Gasteiger partial charge in [0.05, 0.1) is 22.7 Å². The number of aryl methyl sites for hydroxylation is 4. The zero-order valence-electron chi connectivity index (χ0n) is 40.5. The highest BCUT2D eigenvalue weighted by atomic mass is 16.3. The number of hydrogen-bond donors (Lipinski definition) is 0. The Kier molecular flexibility index (Phi) is 9.47. The van der Waals surface area contributed by atoms with Crippen LogP contribution in [0.1, 0.15) is 96.6 Å². The minimum Gasteiger partial charge on any atom is -0.454 e. The molecule has 0 radical (unpaired) electrons. The number of nitrogens with zero attached hydrogens (tertiary/aromatic N) is 2. The molecule has 70 heavy (non-hydrogen) atoms. The Hall–Kier alpha value is -7.56. The van der Waals surface area contributed by atoms with Gasteiger partial charge in [-0.15, -0.1) is 0 Å². The Morgan fingerprint density at radius 1 is 0.343 bits per heavy atom. The van der Waals surface area contributed by atoms with Gasteiger partial charge in [0.25, 0.3) is 0 Å². The van der Waals surface area contributed by atoms with E-state index in [1.165, 1.54) is 140 Å². The van der Waals surface area contributed by atoms with Gasteiger partial charge in [-0.2, -0.15) is 0 Å². The summed E-state index contributed by atoms with van der Waals surface area (Å²) in [6, 6.07) is 59.3. The molecule has 0 spiro atoms. The molecule has 4 nitrogen and oxygen atoms in total. The number of benzene rings is 10. The lowest BCUT2D eigenvalue weighted by atomic mass is 9.82. The summed E-state index contributed by atoms with van der Waals surface area (Å²) < 4.78 is 13.9. The van der Waals surface area contributed by atoms with Crippen molar-refractivity contribution in [2.75, 3.05) is 9.80 Å². The summed E-state index contributed by atoms with van der Waals surface area (Å²) in [4.78, 5) is 5.11. The molecule has 0 aliphatic heterocycles. The maximum Gasteiger partial charge on any atom is 0.159 e. The van der Waals surface area contributed by atoms with Crippen LogP contribution in [0, 0.1) is 27.7 Å². The average Bonchev–Trinajstić information content (AvgIpc) is 4.24. The maximum atomic E-state index is 6.94. The predicted octanol–water partition coefficient (Wildman–Crippen LogP) is 19.9. The summed E-state index contributed by atoms with van der Waals surface area (Å²) in [6.07, 6.45) is 9.84. The van der Waals surface area contributed by atoms with E-state index in [2.05, 4.69) is 195 Å². The van der Waals surface area contributed by atoms with Crippen molar-refractivity contribution in [2.24, 2.45) is 0 Å². The second-order valence-corrected chi connectivity index (χ2v) is 20.8. The van der Waals surface area contributed by atoms with Gasteiger partial charge in [0, 0.05) is 43.7 Å². The summed E-state index contributed by atoms with van der Waals surface area (Å²) in [5.41, 5.74) is 18.3. The Bertz CT molecular complexity index is 3780. The fourth-order valence-electron chi connectivity index (χ4n) is 13.0. The van der Waals surface area contributed by atoms with Crippen molar-refractivity contribution in [1.29, 1.82) is 0 Å². The van der Waals surface area contributed by atoms with Gasteiger partial charge in [-0.1, -0.05) is 135 Å². The van der Waals surface area contributed by atoms with Crippen molar-refractivity contribution in [3.05, 3.63) is 191 Å². The quantitative estimate of drug-likeness (QED) is 0.142. The van der Waals surface area contributed by atoms with E-state index in [4.69, 9.17) is 8.83 Å². The number of hydrogen-bond acceptors (Lipinski definition) is 4. The number of fused-ring (bicyclic) bond motifs is 6. The summed E-state index contributed by atoms with van der Waals surface area (Å²) in [6.45, 7) is 8.96. The van der Waals surface area contributed by atoms with Gasteiger partial charge in [-0.05, 0) is 169 Å². The highest BCUT2D eigenvalue weighted by molar-refractivity contribution is 6.30. The fourth-order valence-corrected chi connectivity index (χ4v) is 13.0. The van der Waals surface area contributed by atoms with Crippen molar-refractivity contribution in [2.45, 2.75) is 90.9 Å². The SMILES string of the molecule is Cc1ccc(C)c(N(c2cc(C3CCCC3)c3ccc4c(N(c5cc(C)ccc5C)c5cccc6c5oc5ccccc56)cc(C5CCCC5)c5ccc2c3c54)c2cccc3c2oc2ccccc23)c1. The van der Waals surface area contributed by atoms with E-state index in [0.29, 0.717) is 11.8 Å². The first kappa shape index (κ1) is 41.4. The van der Waals surface area contributed by atoms with E-state index in [-0.39, 0.29) is 0 Å². The lowest BCUT2D eigenvalue weighted by Gasteiger charge is -2.33. The van der Waals surface area contributed by atoms with Crippen molar-refractivity contribution in [3.63, 3.8) is 0 Å². The Labute approximate surface area is 409 Å². The highest BCUT2D eigenvalue weighted by Gasteiger charge is 2.32. The number of anilines is 6. The Morgan fingerprint density at radius 2 is 0.743 bits per heavy atom. The van der Waals surface area contributed by atoms with E-state index in [1.807, 2.05) is 0 Å². The van der Waals surface area contributed by atoms with E-state index < -0.39 is 0 Å². The van der Waals surface area contributed by atoms with Crippen LogP contribution in [0.25, 0.3) is 76.2 Å². The molecule has 2 aliphatic rings. The van der Waals surface area contributed by atoms with Crippen LogP contribution in [0.2, 0.25) is 0 Å². The molecule has 2 aromatic heterocycles. The molecule has 2 fully saturated rings. The summed E-state index contributed by atoms with van der Waals surface area (Å²) in [5, 5.41) is 12.6. The van der Waals surface area contributed by atoms with Gasteiger partial charge in [0.1, 0.15) is 11.2 Å². The van der Waals surface area contributed by atoms with Crippen molar-refractivity contribution in [1.82, 2.24) is 0 Å². The van der Waals surface area contributed by atoms with Gasteiger partial charge >= 0.3 is 0 Å². The number of rotatable bonds is 8. The smallest absolute Gasteiger partial charge is 0.159 e. The molecule has 0 unspecified atom stereocenters. The largest absolute Gasteiger partial charge is 0.454 e. The van der Waals surface area contributed by atoms with Crippen LogP contribution in [-0.4, -0.2) is 0 Å². The molecule has 2 aliphatic carbocycles. The van der Waals surface area contributed by atoms with Gasteiger partial charge in [0.2, 0.25) is 0 Å². The van der Waals surface area contributed by atoms with Crippen LogP contribution >= 0.6 is 0 Å². The second-order valence-electron chi connectivity index (χ2n) is 20.8. The molecule has 342 valence electrons. The highest BCUT2D eigenvalue weighted by Crippen LogP contribution is 2.55. The Balaban J connectivity index is 1.13. The number of furan rings is 2. The van der Waals surface area contributed by atoms with Crippen molar-refractivity contribution < 1.29 is 8.83 Å². The van der Waals surface area contributed by atoms with Gasteiger partial charge in [0.15, 0.2) is 11.2 Å². The molecule has 0 amide bonds. The fraction of sp³-hybridized carbons (Fsp3) is 0.212. The third-order valence-electron chi connectivity index (χ3n) is 16.5. The van der Waals surface area contributed by atoms with Gasteiger partial charge in [-0.25, -0.2) is 0 Å². The third-order valence-corrected chi connectivity index (χ3v) is 16.5. The first-order valence-corrected chi connectivity index (χ1v) is 25.7. The molecule has 2 saturated carbocycles. The minimum atomic E-state index is 0.469. The van der Waals surface area contributed by atoms with Crippen LogP contribution in [0.15, 0.2) is 167 Å². The van der Waals surface area contributed by atoms with E-state index in [9.17, 15) is 0 Å². The minimum absolute atomic E-state index is 0.469. The molecular formula is C66H56N2O2. The van der Waals surface area contributed by atoms with Gasteiger partial charge in [-0.3, -0.25) is 0 Å². The summed E-state index contributed by atoms with van der Waals surface area (Å²) in [7, 11) is 0. The van der Waals surface area contributed by atoms with E-state index in [1.54, 1.807) is 0 Å². The molecule has 10 aromatic carbocycles. The molecular weight excluding hydrogens is 853 g/mol. The topological polar surface area (TPSA) is 32.8 Å².